The lowest BCUT2D eigenvalue weighted by atomic mass is 11.8. The van der Waals surface area contributed by atoms with Gasteiger partial charge >= 0.3 is 0 Å². The first-order valence-electron chi connectivity index (χ1n) is 0.681. The highest BCUT2D eigenvalue weighted by atomic mass is 32.1. The lowest BCUT2D eigenvalue weighted by molar-refractivity contribution is 0.419. The second-order valence-electron chi connectivity index (χ2n) is 0.211. The summed E-state index contributed by atoms with van der Waals surface area (Å²) in [6.07, 6.45) is 0. The van der Waals surface area contributed by atoms with E-state index in [2.05, 4.69) is 29.1 Å². The molecule has 0 aromatic carbocycles. The van der Waals surface area contributed by atoms with Crippen molar-refractivity contribution in [1.82, 2.24) is 0 Å². The summed E-state index contributed by atoms with van der Waals surface area (Å²) < 4.78 is 3.75. The number of hydrogen-bond donors (Lipinski definition) is 1. The molecule has 0 saturated heterocycles. The summed E-state index contributed by atoms with van der Waals surface area (Å²) in [6, 6.07) is 0. The third-order valence-corrected chi connectivity index (χ3v) is 0.173. The maximum atomic E-state index is 3.75. The summed E-state index contributed by atoms with van der Waals surface area (Å²) in [5.41, 5.74) is 0. The molecule has 0 aliphatic heterocycles. The number of rotatable bonds is 1. The van der Waals surface area contributed by atoms with Crippen molar-refractivity contribution in [1.29, 1.82) is 0 Å². The van der Waals surface area contributed by atoms with Crippen LogP contribution in [0.5, 0.6) is 0 Å². The predicted octanol–water partition coefficient (Wildman–Crippen LogP) is 0.463. The molecule has 0 amide bonds. The van der Waals surface area contributed by atoms with Gasteiger partial charge in [-0.1, -0.05) is 5.16 Å². The van der Waals surface area contributed by atoms with Crippen LogP contribution in [0.15, 0.2) is 5.16 Å². The molecule has 4 heavy (non-hydrogen) atoms. The molecule has 0 heterocycles. The average molecular weight is 77.1 g/mol. The van der Waals surface area contributed by atoms with E-state index in [4.69, 9.17) is 0 Å². The van der Waals surface area contributed by atoms with Crippen LogP contribution in [0, 0.1) is 0 Å². The first-order chi connectivity index (χ1) is 1.91. The topological polar surface area (TPSA) is 21.6 Å². The monoisotopic (exact) mass is 77.0 g/mol. The molecule has 3 heteroatoms. The van der Waals surface area contributed by atoms with Crippen LogP contribution in [0.3, 0.4) is 0 Å². The van der Waals surface area contributed by atoms with Gasteiger partial charge in [-0.2, -0.15) is 0 Å². The zero-order chi connectivity index (χ0) is 3.41. The van der Waals surface area contributed by atoms with Crippen LogP contribution in [0.25, 0.3) is 0 Å². The normalized spacial score (nSPS) is 5.25. The quantitative estimate of drug-likeness (QED) is 0.209. The first-order valence-corrected chi connectivity index (χ1v) is 1.05. The molecule has 0 aliphatic carbocycles. The fraction of sp³-hybridized carbons (Fsp3) is 0. The van der Waals surface area contributed by atoms with Crippen molar-refractivity contribution in [2.75, 3.05) is 0 Å². The molecule has 0 aromatic heterocycles. The molecule has 0 spiro atoms. The van der Waals surface area contributed by atoms with Crippen molar-refractivity contribution in [3.63, 3.8) is 0 Å². The van der Waals surface area contributed by atoms with E-state index < -0.39 is 0 Å². The number of oxime groups is 1. The molecule has 0 saturated carbocycles. The van der Waals surface area contributed by atoms with Crippen LogP contribution >= 0.6 is 12.9 Å². The maximum absolute atomic E-state index is 3.75. The fourth-order valence-electron chi connectivity index (χ4n) is 0. The van der Waals surface area contributed by atoms with Crippen LogP contribution in [-0.4, -0.2) is 6.72 Å². The van der Waals surface area contributed by atoms with Gasteiger partial charge in [0, 0.05) is 6.72 Å². The van der Waals surface area contributed by atoms with Gasteiger partial charge in [0.2, 0.25) is 0 Å². The second-order valence-corrected chi connectivity index (χ2v) is 0.374. The van der Waals surface area contributed by atoms with Gasteiger partial charge in [-0.15, -0.1) is 0 Å². The highest BCUT2D eigenvalue weighted by Gasteiger charge is 1.37. The molecule has 0 N–H and O–H groups in total. The van der Waals surface area contributed by atoms with E-state index in [1.54, 1.807) is 0 Å². The number of hydrogen-bond acceptors (Lipinski definition) is 3. The van der Waals surface area contributed by atoms with Gasteiger partial charge in [0.15, 0.2) is 0 Å². The molecule has 0 bridgehead atoms. The molecular formula is CH3NOS. The Balaban J connectivity index is 2.30. The summed E-state index contributed by atoms with van der Waals surface area (Å²) in [6.45, 7) is 2.93. The molecule has 0 fully saturated rings. The van der Waals surface area contributed by atoms with E-state index in [0.717, 1.165) is 0 Å². The van der Waals surface area contributed by atoms with Gasteiger partial charge in [-0.25, -0.2) is 0 Å². The molecule has 0 unspecified atom stereocenters. The summed E-state index contributed by atoms with van der Waals surface area (Å²) >= 11 is 3.19. The van der Waals surface area contributed by atoms with Crippen molar-refractivity contribution < 1.29 is 4.28 Å². The molecule has 2 nitrogen and oxygen atoms in total. The first kappa shape index (κ1) is 3.82. The third-order valence-electron chi connectivity index (χ3n) is 0.0577. The zero-order valence-corrected chi connectivity index (χ0v) is 2.90. The van der Waals surface area contributed by atoms with Crippen molar-refractivity contribution in [3.8, 4) is 0 Å². The summed E-state index contributed by atoms with van der Waals surface area (Å²) in [7, 11) is 0. The van der Waals surface area contributed by atoms with E-state index in [0.29, 0.717) is 0 Å². The fourth-order valence-corrected chi connectivity index (χ4v) is 0. The van der Waals surface area contributed by atoms with Gasteiger partial charge in [0.25, 0.3) is 0 Å². The van der Waals surface area contributed by atoms with Crippen molar-refractivity contribution in [3.05, 3.63) is 0 Å². The van der Waals surface area contributed by atoms with Gasteiger partial charge in [0.1, 0.15) is 0 Å². The highest BCUT2D eigenvalue weighted by molar-refractivity contribution is 7.75. The van der Waals surface area contributed by atoms with Crippen LogP contribution < -0.4 is 0 Å². The Hall–Kier alpha value is -0.180. The Morgan fingerprint density at radius 2 is 2.25 bits per heavy atom. The Morgan fingerprint density at radius 3 is 2.25 bits per heavy atom. The van der Waals surface area contributed by atoms with Crippen LogP contribution in [0.1, 0.15) is 0 Å². The number of nitrogens with zero attached hydrogens (tertiary/aromatic N) is 1. The van der Waals surface area contributed by atoms with E-state index in [-0.39, 0.29) is 0 Å². The molecule has 0 rings (SSSR count). The van der Waals surface area contributed by atoms with E-state index in [1.165, 1.54) is 0 Å². The van der Waals surface area contributed by atoms with Crippen molar-refractivity contribution >= 4 is 19.6 Å². The minimum atomic E-state index is 2.85. The van der Waals surface area contributed by atoms with E-state index in [1.807, 2.05) is 0 Å². The molecular weight excluding hydrogens is 74.1 g/mol. The summed E-state index contributed by atoms with van der Waals surface area (Å²) in [5.74, 6) is 0. The standard InChI is InChI=1S/CH3NOS/c1-2-3-4/h4H,1H2. The van der Waals surface area contributed by atoms with Gasteiger partial charge < -0.3 is 4.28 Å². The van der Waals surface area contributed by atoms with Gasteiger partial charge in [-0.3, -0.25) is 0 Å². The predicted molar refractivity (Wildman–Crippen MR) is 19.6 cm³/mol. The van der Waals surface area contributed by atoms with Gasteiger partial charge in [-0.05, 0) is 0 Å². The summed E-state index contributed by atoms with van der Waals surface area (Å²) in [5, 5.41) is 2.85. The molecule has 24 valence electrons. The minimum absolute atomic E-state index is 2.85. The Kier molecular flexibility index (Phi) is 2.69. The van der Waals surface area contributed by atoms with E-state index >= 15 is 0 Å². The smallest absolute Gasteiger partial charge is 0.0715 e. The maximum Gasteiger partial charge on any atom is 0.0715 e. The molecule has 0 aromatic rings. The van der Waals surface area contributed by atoms with Crippen LogP contribution in [0.4, 0.5) is 0 Å². The Labute approximate surface area is 30.1 Å². The SMILES string of the molecule is C=NOS. The van der Waals surface area contributed by atoms with E-state index in [9.17, 15) is 0 Å². The van der Waals surface area contributed by atoms with Gasteiger partial charge in [0.05, 0.1) is 12.9 Å². The number of thiol groups is 1. The Morgan fingerprint density at radius 1 is 2.00 bits per heavy atom. The highest BCUT2D eigenvalue weighted by Crippen LogP contribution is 1.69. The van der Waals surface area contributed by atoms with Crippen molar-refractivity contribution in [2.45, 2.75) is 0 Å². The minimum Gasteiger partial charge on any atom is -0.326 e. The lowest BCUT2D eigenvalue weighted by Crippen LogP contribution is -1.41. The van der Waals surface area contributed by atoms with Crippen LogP contribution in [-0.2, 0) is 4.28 Å². The average Bonchev–Trinajstić information content (AvgIpc) is 1.37. The third kappa shape index (κ3) is 1.82. The largest absolute Gasteiger partial charge is 0.326 e. The molecule has 0 aliphatic rings. The lowest BCUT2D eigenvalue weighted by Gasteiger charge is -1.67. The summed E-state index contributed by atoms with van der Waals surface area (Å²) in [4.78, 5) is 0. The molecule has 0 atom stereocenters. The Bertz CT molecular complexity index is 22.0. The van der Waals surface area contributed by atoms with Crippen LogP contribution in [0.2, 0.25) is 0 Å². The van der Waals surface area contributed by atoms with Crippen molar-refractivity contribution in [2.24, 2.45) is 5.16 Å². The zero-order valence-electron chi connectivity index (χ0n) is 2.01. The second kappa shape index (κ2) is 2.82. The molecule has 0 radical (unpaired) electrons.